The third-order valence-electron chi connectivity index (χ3n) is 4.12. The monoisotopic (exact) mass is 292 g/mol. The Morgan fingerprint density at radius 2 is 2.43 bits per heavy atom. The summed E-state index contributed by atoms with van der Waals surface area (Å²) in [6.45, 7) is 2.47. The van der Waals surface area contributed by atoms with Gasteiger partial charge in [0, 0.05) is 32.0 Å². The van der Waals surface area contributed by atoms with Gasteiger partial charge in [0.2, 0.25) is 5.91 Å². The summed E-state index contributed by atoms with van der Waals surface area (Å²) < 4.78 is 16.5. The Balaban J connectivity index is 1.62. The topological polar surface area (TPSA) is 60.9 Å². The molecule has 1 aromatic rings. The maximum atomic E-state index is 12.1. The van der Waals surface area contributed by atoms with Crippen LogP contribution in [0.15, 0.2) is 24.5 Å². The van der Waals surface area contributed by atoms with Gasteiger partial charge >= 0.3 is 0 Å². The molecule has 3 atom stereocenters. The van der Waals surface area contributed by atoms with Crippen molar-refractivity contribution in [2.24, 2.45) is 5.92 Å². The molecule has 0 aliphatic carbocycles. The first-order valence-electron chi connectivity index (χ1n) is 7.16. The number of hydrogen-bond donors (Lipinski definition) is 0. The van der Waals surface area contributed by atoms with Gasteiger partial charge < -0.3 is 19.1 Å². The van der Waals surface area contributed by atoms with Gasteiger partial charge in [-0.3, -0.25) is 9.78 Å². The average molecular weight is 292 g/mol. The molecule has 0 spiro atoms. The van der Waals surface area contributed by atoms with E-state index in [2.05, 4.69) is 4.98 Å². The molecule has 3 rings (SSSR count). The summed E-state index contributed by atoms with van der Waals surface area (Å²) in [5.41, 5.74) is 1.04. The third-order valence-corrected chi connectivity index (χ3v) is 4.12. The summed E-state index contributed by atoms with van der Waals surface area (Å²) in [6.07, 6.45) is 3.55. The smallest absolute Gasteiger partial charge is 0.248 e. The Kier molecular flexibility index (Phi) is 4.48. The van der Waals surface area contributed by atoms with Gasteiger partial charge in [0.15, 0.2) is 0 Å². The first-order valence-corrected chi connectivity index (χ1v) is 7.16. The number of amides is 1. The Labute approximate surface area is 124 Å². The molecule has 114 valence electrons. The number of pyridine rings is 1. The van der Waals surface area contributed by atoms with Gasteiger partial charge in [-0.05, 0) is 11.6 Å². The lowest BCUT2D eigenvalue weighted by Crippen LogP contribution is -2.40. The number of methoxy groups -OCH3 is 1. The van der Waals surface area contributed by atoms with E-state index in [-0.39, 0.29) is 30.6 Å². The maximum absolute atomic E-state index is 12.1. The molecule has 0 saturated carbocycles. The number of likely N-dealkylation sites (tertiary alicyclic amines) is 1. The van der Waals surface area contributed by atoms with Gasteiger partial charge in [0.25, 0.3) is 0 Å². The first-order chi connectivity index (χ1) is 10.3. The molecular formula is C15H20N2O4. The number of carbonyl (C=O) groups excluding carboxylic acids is 1. The van der Waals surface area contributed by atoms with E-state index in [4.69, 9.17) is 14.2 Å². The molecule has 0 unspecified atom stereocenters. The molecule has 0 radical (unpaired) electrons. The highest BCUT2D eigenvalue weighted by molar-refractivity contribution is 5.78. The molecular weight excluding hydrogens is 272 g/mol. The minimum atomic E-state index is 0.00507. The Morgan fingerprint density at radius 3 is 3.19 bits per heavy atom. The number of nitrogens with zero attached hydrogens (tertiary/aromatic N) is 2. The van der Waals surface area contributed by atoms with E-state index in [1.54, 1.807) is 12.4 Å². The zero-order valence-corrected chi connectivity index (χ0v) is 12.1. The maximum Gasteiger partial charge on any atom is 0.248 e. The number of aromatic nitrogens is 1. The molecule has 21 heavy (non-hydrogen) atoms. The van der Waals surface area contributed by atoms with Crippen molar-refractivity contribution in [3.8, 4) is 0 Å². The van der Waals surface area contributed by atoms with Crippen LogP contribution >= 0.6 is 0 Å². The van der Waals surface area contributed by atoms with Crippen molar-refractivity contribution in [1.29, 1.82) is 0 Å². The quantitative estimate of drug-likeness (QED) is 0.789. The van der Waals surface area contributed by atoms with Crippen molar-refractivity contribution in [3.05, 3.63) is 30.1 Å². The van der Waals surface area contributed by atoms with Crippen molar-refractivity contribution < 1.29 is 19.0 Å². The largest absolute Gasteiger partial charge is 0.379 e. The predicted octanol–water partition coefficient (Wildman–Crippen LogP) is 0.470. The van der Waals surface area contributed by atoms with Gasteiger partial charge in [-0.2, -0.15) is 0 Å². The third kappa shape index (κ3) is 3.07. The lowest BCUT2D eigenvalue weighted by molar-refractivity contribution is -0.136. The van der Waals surface area contributed by atoms with Gasteiger partial charge in [0.1, 0.15) is 6.61 Å². The lowest BCUT2D eigenvalue weighted by Gasteiger charge is -2.21. The highest BCUT2D eigenvalue weighted by atomic mass is 16.5. The van der Waals surface area contributed by atoms with Crippen molar-refractivity contribution in [2.75, 3.05) is 33.5 Å². The molecule has 2 fully saturated rings. The molecule has 6 nitrogen and oxygen atoms in total. The molecule has 2 aliphatic rings. The molecule has 0 N–H and O–H groups in total. The van der Waals surface area contributed by atoms with Gasteiger partial charge in [0.05, 0.1) is 32.0 Å². The molecule has 0 aromatic carbocycles. The second-order valence-electron chi connectivity index (χ2n) is 5.46. The van der Waals surface area contributed by atoms with Crippen LogP contribution < -0.4 is 0 Å². The first kappa shape index (κ1) is 14.4. The lowest BCUT2D eigenvalue weighted by atomic mass is 10.0. The van der Waals surface area contributed by atoms with Crippen LogP contribution in [0.5, 0.6) is 0 Å². The van der Waals surface area contributed by atoms with Crippen LogP contribution in [0.1, 0.15) is 5.56 Å². The minimum Gasteiger partial charge on any atom is -0.379 e. The number of rotatable bonds is 5. The summed E-state index contributed by atoms with van der Waals surface area (Å²) in [4.78, 5) is 18.0. The van der Waals surface area contributed by atoms with E-state index in [0.717, 1.165) is 5.56 Å². The van der Waals surface area contributed by atoms with Gasteiger partial charge in [-0.25, -0.2) is 0 Å². The van der Waals surface area contributed by atoms with E-state index < -0.39 is 0 Å². The highest BCUT2D eigenvalue weighted by Gasteiger charge is 2.47. The Bertz CT molecular complexity index is 482. The Morgan fingerprint density at radius 1 is 1.52 bits per heavy atom. The molecule has 1 aromatic heterocycles. The van der Waals surface area contributed by atoms with Crippen molar-refractivity contribution >= 4 is 5.91 Å². The number of ether oxygens (including phenoxy) is 3. The fourth-order valence-electron chi connectivity index (χ4n) is 3.06. The summed E-state index contributed by atoms with van der Waals surface area (Å²) in [6, 6.07) is 3.99. The van der Waals surface area contributed by atoms with Crippen LogP contribution in [0, 0.1) is 5.92 Å². The normalized spacial score (nSPS) is 27.9. The van der Waals surface area contributed by atoms with Crippen LogP contribution in [-0.2, 0) is 25.6 Å². The number of fused-ring (bicyclic) bond motifs is 1. The van der Waals surface area contributed by atoms with Crippen LogP contribution in [-0.4, -0.2) is 61.4 Å². The predicted molar refractivity (Wildman–Crippen MR) is 74.5 cm³/mol. The van der Waals surface area contributed by atoms with Crippen molar-refractivity contribution in [3.63, 3.8) is 0 Å². The van der Waals surface area contributed by atoms with E-state index in [1.165, 1.54) is 7.11 Å². The summed E-state index contributed by atoms with van der Waals surface area (Å²) in [5.74, 6) is 0.257. The van der Waals surface area contributed by atoms with Crippen LogP contribution in [0.25, 0.3) is 0 Å². The van der Waals surface area contributed by atoms with Crippen LogP contribution in [0.4, 0.5) is 0 Å². The second-order valence-corrected chi connectivity index (χ2v) is 5.46. The van der Waals surface area contributed by atoms with E-state index in [9.17, 15) is 4.79 Å². The van der Waals surface area contributed by atoms with Crippen LogP contribution in [0.3, 0.4) is 0 Å². The average Bonchev–Trinajstić information content (AvgIpc) is 3.09. The van der Waals surface area contributed by atoms with Crippen molar-refractivity contribution in [1.82, 2.24) is 9.88 Å². The van der Waals surface area contributed by atoms with Gasteiger partial charge in [-0.15, -0.1) is 0 Å². The molecule has 0 bridgehead atoms. The van der Waals surface area contributed by atoms with E-state index >= 15 is 0 Å². The number of hydrogen-bond acceptors (Lipinski definition) is 5. The second kappa shape index (κ2) is 6.51. The molecule has 3 heterocycles. The fraction of sp³-hybridized carbons (Fsp3) is 0.600. The van der Waals surface area contributed by atoms with E-state index in [1.807, 2.05) is 17.0 Å². The number of carbonyl (C=O) groups is 1. The standard InChI is InChI=1S/C15H20N2O4/c1-19-10-15(18)17-6-14(12-8-20-9-13(12)17)21-7-11-3-2-4-16-5-11/h2-5,12-14H,6-10H2,1H3/t12-,13+,14-/m1/s1. The molecule has 2 aliphatic heterocycles. The minimum absolute atomic E-state index is 0.00507. The van der Waals surface area contributed by atoms with Gasteiger partial charge in [-0.1, -0.05) is 6.07 Å². The zero-order chi connectivity index (χ0) is 14.7. The summed E-state index contributed by atoms with van der Waals surface area (Å²) >= 11 is 0. The molecule has 2 saturated heterocycles. The Hall–Kier alpha value is -1.50. The van der Waals surface area contributed by atoms with E-state index in [0.29, 0.717) is 26.4 Å². The SMILES string of the molecule is COCC(=O)N1C[C@@H](OCc2cccnc2)[C@@H]2COC[C@@H]21. The summed E-state index contributed by atoms with van der Waals surface area (Å²) in [7, 11) is 1.53. The summed E-state index contributed by atoms with van der Waals surface area (Å²) in [5, 5.41) is 0. The molecule has 6 heteroatoms. The van der Waals surface area contributed by atoms with Crippen molar-refractivity contribution in [2.45, 2.75) is 18.8 Å². The van der Waals surface area contributed by atoms with Crippen LogP contribution in [0.2, 0.25) is 0 Å². The highest BCUT2D eigenvalue weighted by Crippen LogP contribution is 2.32. The molecule has 1 amide bonds. The zero-order valence-electron chi connectivity index (χ0n) is 12.1. The fourth-order valence-corrected chi connectivity index (χ4v) is 3.06.